The molecular weight excluding hydrogens is 506 g/mol. The van der Waals surface area contributed by atoms with Crippen molar-refractivity contribution in [3.05, 3.63) is 102 Å². The predicted octanol–water partition coefficient (Wildman–Crippen LogP) is 5.67. The van der Waals surface area contributed by atoms with Crippen molar-refractivity contribution in [1.82, 2.24) is 10.2 Å². The van der Waals surface area contributed by atoms with Crippen LogP contribution in [0.4, 0.5) is 10.5 Å². The molecule has 198 valence electrons. The summed E-state index contributed by atoms with van der Waals surface area (Å²) in [6, 6.07) is 28.7. The summed E-state index contributed by atoms with van der Waals surface area (Å²) in [5.41, 5.74) is 6.35. The normalized spacial score (nSPS) is 14.9. The SMILES string of the molecule is CN(Cc1cccc(-c2ccc(CC3SC(=O)NC3=O)cc2)c1)C(=O)Cc1ccc(N(C)C)c2ccccc12. The Morgan fingerprint density at radius 1 is 0.821 bits per heavy atom. The van der Waals surface area contributed by atoms with Crippen LogP contribution in [-0.2, 0) is 29.0 Å². The van der Waals surface area contributed by atoms with Crippen LogP contribution in [0.1, 0.15) is 16.7 Å². The lowest BCUT2D eigenvalue weighted by atomic mass is 9.99. The average Bonchev–Trinajstić information content (AvgIpc) is 3.25. The van der Waals surface area contributed by atoms with E-state index in [9.17, 15) is 14.4 Å². The van der Waals surface area contributed by atoms with Crippen LogP contribution in [0.15, 0.2) is 84.9 Å². The third-order valence-corrected chi connectivity index (χ3v) is 8.04. The summed E-state index contributed by atoms with van der Waals surface area (Å²) in [5.74, 6) is -0.154. The van der Waals surface area contributed by atoms with Gasteiger partial charge < -0.3 is 9.80 Å². The molecule has 0 aliphatic carbocycles. The Kier molecular flexibility index (Phi) is 7.70. The summed E-state index contributed by atoms with van der Waals surface area (Å²) >= 11 is 1.05. The first-order valence-electron chi connectivity index (χ1n) is 12.9. The highest BCUT2D eigenvalue weighted by Gasteiger charge is 2.31. The zero-order valence-corrected chi connectivity index (χ0v) is 23.1. The van der Waals surface area contributed by atoms with Gasteiger partial charge in [-0.3, -0.25) is 19.7 Å². The smallest absolute Gasteiger partial charge is 0.286 e. The second-order valence-electron chi connectivity index (χ2n) is 10.1. The van der Waals surface area contributed by atoms with Crippen LogP contribution < -0.4 is 10.2 Å². The zero-order chi connectivity index (χ0) is 27.5. The van der Waals surface area contributed by atoms with Crippen molar-refractivity contribution >= 4 is 45.3 Å². The Labute approximate surface area is 233 Å². The maximum Gasteiger partial charge on any atom is 0.286 e. The van der Waals surface area contributed by atoms with Crippen LogP contribution in [0.2, 0.25) is 0 Å². The maximum absolute atomic E-state index is 13.2. The van der Waals surface area contributed by atoms with Crippen LogP contribution in [0, 0.1) is 0 Å². The molecule has 1 N–H and O–H groups in total. The molecule has 0 bridgehead atoms. The quantitative estimate of drug-likeness (QED) is 0.314. The second-order valence-corrected chi connectivity index (χ2v) is 11.3. The van der Waals surface area contributed by atoms with Crippen LogP contribution in [0.5, 0.6) is 0 Å². The van der Waals surface area contributed by atoms with Gasteiger partial charge in [0.15, 0.2) is 0 Å². The molecule has 1 atom stereocenters. The number of benzene rings is 4. The van der Waals surface area contributed by atoms with Gasteiger partial charge in [-0.25, -0.2) is 0 Å². The molecule has 1 aliphatic rings. The molecule has 7 heteroatoms. The minimum absolute atomic E-state index is 0.0693. The monoisotopic (exact) mass is 537 g/mol. The van der Waals surface area contributed by atoms with Gasteiger partial charge in [0, 0.05) is 38.8 Å². The van der Waals surface area contributed by atoms with E-state index in [1.54, 1.807) is 4.90 Å². The van der Waals surface area contributed by atoms with Gasteiger partial charge in [-0.2, -0.15) is 0 Å². The van der Waals surface area contributed by atoms with Crippen molar-refractivity contribution in [2.45, 2.75) is 24.6 Å². The summed E-state index contributed by atoms with van der Waals surface area (Å²) in [6.07, 6.45) is 0.859. The summed E-state index contributed by atoms with van der Waals surface area (Å²) < 4.78 is 0. The van der Waals surface area contributed by atoms with Gasteiger partial charge >= 0.3 is 0 Å². The number of amides is 3. The summed E-state index contributed by atoms with van der Waals surface area (Å²) in [4.78, 5) is 40.4. The number of likely N-dealkylation sites (N-methyl/N-ethyl adjacent to an activating group) is 1. The Balaban J connectivity index is 1.25. The van der Waals surface area contributed by atoms with Crippen LogP contribution in [-0.4, -0.2) is 48.3 Å². The van der Waals surface area contributed by atoms with E-state index in [0.29, 0.717) is 19.4 Å². The molecule has 5 rings (SSSR count). The molecule has 39 heavy (non-hydrogen) atoms. The van der Waals surface area contributed by atoms with Gasteiger partial charge in [0.1, 0.15) is 0 Å². The number of thioether (sulfide) groups is 1. The van der Waals surface area contributed by atoms with E-state index >= 15 is 0 Å². The Morgan fingerprint density at radius 2 is 1.56 bits per heavy atom. The number of nitrogens with zero attached hydrogens (tertiary/aromatic N) is 2. The standard InChI is InChI=1S/C32H31N3O3S/c1-34(2)28-16-15-25(26-9-4-5-10-27(26)28)19-30(36)35(3)20-22-7-6-8-24(17-22)23-13-11-21(12-14-23)18-29-31(37)33-32(38)39-29/h4-17,29H,18-20H2,1-3H3,(H,33,37,38). The van der Waals surface area contributed by atoms with Crippen LogP contribution >= 0.6 is 11.8 Å². The number of hydrogen-bond donors (Lipinski definition) is 1. The van der Waals surface area contributed by atoms with Crippen molar-refractivity contribution < 1.29 is 14.4 Å². The molecule has 1 aliphatic heterocycles. The van der Waals surface area contributed by atoms with E-state index in [-0.39, 0.29) is 22.3 Å². The highest BCUT2D eigenvalue weighted by atomic mass is 32.2. The Bertz CT molecular complexity index is 1550. The summed E-state index contributed by atoms with van der Waals surface area (Å²) in [6.45, 7) is 0.514. The fourth-order valence-corrected chi connectivity index (χ4v) is 5.83. The first kappa shape index (κ1) is 26.5. The van der Waals surface area contributed by atoms with Gasteiger partial charge in [0.2, 0.25) is 11.8 Å². The molecule has 4 aromatic carbocycles. The highest BCUT2D eigenvalue weighted by molar-refractivity contribution is 8.15. The first-order valence-corrected chi connectivity index (χ1v) is 13.8. The Hall–Kier alpha value is -4.10. The van der Waals surface area contributed by atoms with E-state index < -0.39 is 0 Å². The molecule has 1 fully saturated rings. The Morgan fingerprint density at radius 3 is 2.26 bits per heavy atom. The minimum atomic E-state index is -0.372. The third kappa shape index (κ3) is 5.99. The van der Waals surface area contributed by atoms with Crippen molar-refractivity contribution in [2.24, 2.45) is 0 Å². The fourth-order valence-electron chi connectivity index (χ4n) is 4.97. The molecule has 0 saturated carbocycles. The van der Waals surface area contributed by atoms with Crippen molar-refractivity contribution in [2.75, 3.05) is 26.0 Å². The summed E-state index contributed by atoms with van der Waals surface area (Å²) in [5, 5.41) is 3.94. The molecule has 0 radical (unpaired) electrons. The molecule has 1 heterocycles. The minimum Gasteiger partial charge on any atom is -0.377 e. The zero-order valence-electron chi connectivity index (χ0n) is 22.3. The second kappa shape index (κ2) is 11.3. The number of imide groups is 1. The number of anilines is 1. The van der Waals surface area contributed by atoms with Crippen molar-refractivity contribution in [1.29, 1.82) is 0 Å². The lowest BCUT2D eigenvalue weighted by Gasteiger charge is -2.20. The van der Waals surface area contributed by atoms with Crippen LogP contribution in [0.25, 0.3) is 21.9 Å². The molecular formula is C32H31N3O3S. The maximum atomic E-state index is 13.2. The number of fused-ring (bicyclic) bond motifs is 1. The van der Waals surface area contributed by atoms with Gasteiger partial charge in [-0.05, 0) is 51.8 Å². The molecule has 1 saturated heterocycles. The molecule has 6 nitrogen and oxygen atoms in total. The lowest BCUT2D eigenvalue weighted by molar-refractivity contribution is -0.129. The topological polar surface area (TPSA) is 69.7 Å². The predicted molar refractivity (Wildman–Crippen MR) is 159 cm³/mol. The van der Waals surface area contributed by atoms with Gasteiger partial charge in [-0.15, -0.1) is 0 Å². The average molecular weight is 538 g/mol. The van der Waals surface area contributed by atoms with E-state index in [1.807, 2.05) is 69.7 Å². The first-order chi connectivity index (χ1) is 18.8. The van der Waals surface area contributed by atoms with Crippen molar-refractivity contribution in [3.63, 3.8) is 0 Å². The van der Waals surface area contributed by atoms with Gasteiger partial charge in [-0.1, -0.05) is 84.6 Å². The highest BCUT2D eigenvalue weighted by Crippen LogP contribution is 2.29. The number of nitrogens with one attached hydrogen (secondary N) is 1. The molecule has 0 aromatic heterocycles. The fraction of sp³-hybridized carbons (Fsp3) is 0.219. The number of carbonyl (C=O) groups excluding carboxylic acids is 3. The molecule has 1 unspecified atom stereocenters. The van der Waals surface area contributed by atoms with E-state index in [1.165, 1.54) is 0 Å². The molecule has 4 aromatic rings. The largest absolute Gasteiger partial charge is 0.377 e. The molecule has 0 spiro atoms. The molecule has 3 amide bonds. The number of rotatable bonds is 8. The van der Waals surface area contributed by atoms with Gasteiger partial charge in [0.05, 0.1) is 11.7 Å². The van der Waals surface area contributed by atoms with E-state index in [4.69, 9.17) is 0 Å². The summed E-state index contributed by atoms with van der Waals surface area (Å²) in [7, 11) is 5.91. The lowest BCUT2D eigenvalue weighted by Crippen LogP contribution is -2.27. The van der Waals surface area contributed by atoms with Crippen LogP contribution in [0.3, 0.4) is 0 Å². The van der Waals surface area contributed by atoms with Gasteiger partial charge in [0.25, 0.3) is 5.24 Å². The number of hydrogen-bond acceptors (Lipinski definition) is 5. The van der Waals surface area contributed by atoms with Crippen molar-refractivity contribution in [3.8, 4) is 11.1 Å². The van der Waals surface area contributed by atoms with E-state index in [0.717, 1.165) is 56.0 Å². The third-order valence-electron chi connectivity index (χ3n) is 7.06. The number of carbonyl (C=O) groups is 3. The van der Waals surface area contributed by atoms with E-state index in [2.05, 4.69) is 46.6 Å².